The van der Waals surface area contributed by atoms with Crippen LogP contribution >= 0.6 is 24.0 Å². The monoisotopic (exact) mass is 516 g/mol. The van der Waals surface area contributed by atoms with Gasteiger partial charge in [-0.25, -0.2) is 0 Å². The van der Waals surface area contributed by atoms with Crippen LogP contribution in [0.15, 0.2) is 47.3 Å². The molecule has 0 saturated carbocycles. The van der Waals surface area contributed by atoms with Gasteiger partial charge in [-0.3, -0.25) is 9.69 Å². The number of H-pyrrole nitrogens is 1. The number of fused-ring (bicyclic) bond motifs is 1. The smallest absolute Gasteiger partial charge is 0.419 e. The van der Waals surface area contributed by atoms with Gasteiger partial charge in [0.25, 0.3) is 0 Å². The summed E-state index contributed by atoms with van der Waals surface area (Å²) >= 11 is 5.85. The van der Waals surface area contributed by atoms with Crippen LogP contribution < -0.4 is 15.2 Å². The van der Waals surface area contributed by atoms with Gasteiger partial charge in [-0.05, 0) is 43.7 Å². The first-order valence-electron chi connectivity index (χ1n) is 10.8. The Morgan fingerprint density at radius 3 is 2.50 bits per heavy atom. The highest BCUT2D eigenvalue weighted by Crippen LogP contribution is 2.41. The van der Waals surface area contributed by atoms with Crippen LogP contribution in [0, 0.1) is 0 Å². The van der Waals surface area contributed by atoms with E-state index in [1.807, 2.05) is 6.07 Å². The Labute approximate surface area is 206 Å². The molecule has 4 rings (SSSR count). The minimum atomic E-state index is -4.49. The molecule has 0 atom stereocenters. The first-order chi connectivity index (χ1) is 15.8. The molecular weight excluding hydrogens is 492 g/mol. The van der Waals surface area contributed by atoms with E-state index >= 15 is 0 Å². The van der Waals surface area contributed by atoms with Crippen LogP contribution in [0.3, 0.4) is 0 Å². The standard InChI is InChI=1S/C23H24ClF3N4O2.ClH/c24-17-4-3-5-18(21(17)23(25,26)27)31-13-11-30(12-14-31)10-1-2-15-33-20-9-7-16-6-8-19(32)28-22(16)29-20;/h3-9H,1-2,10-15H2,(H,28,29,32);1H. The fourth-order valence-corrected chi connectivity index (χ4v) is 4.25. The van der Waals surface area contributed by atoms with Gasteiger partial charge in [0, 0.05) is 43.7 Å². The molecule has 0 radical (unpaired) electrons. The van der Waals surface area contributed by atoms with Crippen LogP contribution in [0.5, 0.6) is 5.88 Å². The van der Waals surface area contributed by atoms with Crippen LogP contribution in [0.4, 0.5) is 18.9 Å². The van der Waals surface area contributed by atoms with Gasteiger partial charge in [-0.15, -0.1) is 12.4 Å². The van der Waals surface area contributed by atoms with Crippen molar-refractivity contribution in [3.8, 4) is 5.88 Å². The second kappa shape index (κ2) is 11.3. The Hall–Kier alpha value is -2.49. The highest BCUT2D eigenvalue weighted by atomic mass is 35.5. The third kappa shape index (κ3) is 6.34. The molecule has 1 aliphatic rings. The Morgan fingerprint density at radius 2 is 1.76 bits per heavy atom. The molecule has 0 spiro atoms. The maximum atomic E-state index is 13.4. The number of aromatic amines is 1. The van der Waals surface area contributed by atoms with Crippen molar-refractivity contribution in [3.63, 3.8) is 0 Å². The zero-order valence-electron chi connectivity index (χ0n) is 18.3. The molecule has 11 heteroatoms. The number of rotatable bonds is 7. The second-order valence-electron chi connectivity index (χ2n) is 7.93. The fourth-order valence-electron chi connectivity index (χ4n) is 3.97. The highest BCUT2D eigenvalue weighted by molar-refractivity contribution is 6.31. The van der Waals surface area contributed by atoms with Gasteiger partial charge in [0.1, 0.15) is 5.65 Å². The molecule has 184 valence electrons. The summed E-state index contributed by atoms with van der Waals surface area (Å²) in [6, 6.07) is 11.1. The summed E-state index contributed by atoms with van der Waals surface area (Å²) in [5.74, 6) is 0.458. The van der Waals surface area contributed by atoms with Crippen LogP contribution in [0.1, 0.15) is 18.4 Å². The molecule has 34 heavy (non-hydrogen) atoms. The molecule has 1 aliphatic heterocycles. The molecule has 1 saturated heterocycles. The molecule has 1 N–H and O–H groups in total. The van der Waals surface area contributed by atoms with Crippen molar-refractivity contribution in [2.24, 2.45) is 0 Å². The van der Waals surface area contributed by atoms with E-state index in [0.717, 1.165) is 24.8 Å². The lowest BCUT2D eigenvalue weighted by atomic mass is 10.1. The molecule has 0 aliphatic carbocycles. The average Bonchev–Trinajstić information content (AvgIpc) is 2.78. The summed E-state index contributed by atoms with van der Waals surface area (Å²) in [6.45, 7) is 3.73. The summed E-state index contributed by atoms with van der Waals surface area (Å²) in [7, 11) is 0. The van der Waals surface area contributed by atoms with Crippen molar-refractivity contribution in [2.75, 3.05) is 44.2 Å². The zero-order valence-corrected chi connectivity index (χ0v) is 19.8. The van der Waals surface area contributed by atoms with Gasteiger partial charge in [-0.2, -0.15) is 18.2 Å². The molecule has 2 aromatic heterocycles. The van der Waals surface area contributed by atoms with E-state index in [1.165, 1.54) is 18.2 Å². The molecule has 0 bridgehead atoms. The summed E-state index contributed by atoms with van der Waals surface area (Å²) < 4.78 is 46.0. The number of benzene rings is 1. The maximum Gasteiger partial charge on any atom is 0.419 e. The predicted octanol–water partition coefficient (Wildman–Crippen LogP) is 5.00. The Bertz CT molecular complexity index is 1160. The number of halogens is 5. The number of nitrogens with zero attached hydrogens (tertiary/aromatic N) is 3. The van der Waals surface area contributed by atoms with E-state index < -0.39 is 11.7 Å². The summed E-state index contributed by atoms with van der Waals surface area (Å²) in [5.41, 5.74) is -0.334. The van der Waals surface area contributed by atoms with Crippen molar-refractivity contribution in [1.82, 2.24) is 14.9 Å². The van der Waals surface area contributed by atoms with Gasteiger partial charge >= 0.3 is 6.18 Å². The second-order valence-corrected chi connectivity index (χ2v) is 8.33. The number of anilines is 1. The maximum absolute atomic E-state index is 13.4. The SMILES string of the molecule is Cl.O=c1ccc2ccc(OCCCCN3CCN(c4cccc(Cl)c4C(F)(F)F)CC3)nc2[nH]1. The molecule has 0 amide bonds. The lowest BCUT2D eigenvalue weighted by Crippen LogP contribution is -2.47. The number of hydrogen-bond donors (Lipinski definition) is 1. The first-order valence-corrected chi connectivity index (χ1v) is 11.1. The summed E-state index contributed by atoms with van der Waals surface area (Å²) in [6.07, 6.45) is -2.77. The number of alkyl halides is 3. The van der Waals surface area contributed by atoms with Crippen LogP contribution in [-0.2, 0) is 6.18 Å². The number of nitrogens with one attached hydrogen (secondary N) is 1. The van der Waals surface area contributed by atoms with Crippen LogP contribution in [0.25, 0.3) is 11.0 Å². The Kier molecular flexibility index (Phi) is 8.67. The normalized spacial score (nSPS) is 14.8. The predicted molar refractivity (Wildman–Crippen MR) is 129 cm³/mol. The largest absolute Gasteiger partial charge is 0.478 e. The topological polar surface area (TPSA) is 61.5 Å². The van der Waals surface area contributed by atoms with E-state index in [4.69, 9.17) is 16.3 Å². The number of pyridine rings is 2. The molecule has 1 aromatic carbocycles. The number of piperazine rings is 1. The number of ether oxygens (including phenoxy) is 1. The lowest BCUT2D eigenvalue weighted by molar-refractivity contribution is -0.137. The van der Waals surface area contributed by atoms with E-state index in [-0.39, 0.29) is 28.7 Å². The fraction of sp³-hybridized carbons (Fsp3) is 0.391. The number of unbranched alkanes of at least 4 members (excludes halogenated alkanes) is 1. The van der Waals surface area contributed by atoms with Gasteiger partial charge in [-0.1, -0.05) is 17.7 Å². The highest BCUT2D eigenvalue weighted by Gasteiger charge is 2.37. The minimum absolute atomic E-state index is 0. The molecule has 3 heterocycles. The molecule has 1 fully saturated rings. The van der Waals surface area contributed by atoms with Crippen molar-refractivity contribution in [2.45, 2.75) is 19.0 Å². The number of hydrogen-bond acceptors (Lipinski definition) is 5. The summed E-state index contributed by atoms with van der Waals surface area (Å²) in [4.78, 5) is 22.4. The molecule has 6 nitrogen and oxygen atoms in total. The van der Waals surface area contributed by atoms with E-state index in [9.17, 15) is 18.0 Å². The third-order valence-corrected chi connectivity index (χ3v) is 5.98. The minimum Gasteiger partial charge on any atom is -0.478 e. The molecular formula is C23H25Cl2F3N4O2. The third-order valence-electron chi connectivity index (χ3n) is 5.66. The van der Waals surface area contributed by atoms with E-state index in [2.05, 4.69) is 14.9 Å². The summed E-state index contributed by atoms with van der Waals surface area (Å²) in [5, 5.41) is 0.566. The number of aromatic nitrogens is 2. The van der Waals surface area contributed by atoms with Gasteiger partial charge in [0.15, 0.2) is 0 Å². The lowest BCUT2D eigenvalue weighted by Gasteiger charge is -2.37. The average molecular weight is 517 g/mol. The van der Waals surface area contributed by atoms with Gasteiger partial charge < -0.3 is 14.6 Å². The van der Waals surface area contributed by atoms with Crippen LogP contribution in [0.2, 0.25) is 5.02 Å². The van der Waals surface area contributed by atoms with Crippen molar-refractivity contribution < 1.29 is 17.9 Å². The van der Waals surface area contributed by atoms with Gasteiger partial charge in [0.2, 0.25) is 11.4 Å². The van der Waals surface area contributed by atoms with E-state index in [0.29, 0.717) is 44.3 Å². The molecule has 3 aromatic rings. The van der Waals surface area contributed by atoms with Crippen molar-refractivity contribution in [3.05, 3.63) is 63.4 Å². The Balaban J connectivity index is 0.00000324. The zero-order chi connectivity index (χ0) is 23.4. The Morgan fingerprint density at radius 1 is 1.03 bits per heavy atom. The van der Waals surface area contributed by atoms with Gasteiger partial charge in [0.05, 0.1) is 22.9 Å². The molecule has 0 unspecified atom stereocenters. The van der Waals surface area contributed by atoms with E-state index in [1.54, 1.807) is 23.1 Å². The van der Waals surface area contributed by atoms with Crippen molar-refractivity contribution >= 4 is 40.7 Å². The van der Waals surface area contributed by atoms with Crippen molar-refractivity contribution in [1.29, 1.82) is 0 Å². The first kappa shape index (κ1) is 26.1. The van der Waals surface area contributed by atoms with Crippen LogP contribution in [-0.4, -0.2) is 54.2 Å². The quantitative estimate of drug-likeness (QED) is 0.448.